The van der Waals surface area contributed by atoms with Gasteiger partial charge in [-0.1, -0.05) is 104 Å². The van der Waals surface area contributed by atoms with Crippen LogP contribution in [0.25, 0.3) is 0 Å². The highest BCUT2D eigenvalue weighted by Crippen LogP contribution is 2.50. The van der Waals surface area contributed by atoms with Crippen molar-refractivity contribution in [3.63, 3.8) is 0 Å². The monoisotopic (exact) mass is 344 g/mol. The lowest BCUT2D eigenvalue weighted by atomic mass is 9.27. The van der Waals surface area contributed by atoms with Crippen LogP contribution < -0.4 is 0 Å². The molecular formula is C16H27BBrCl. The molecule has 2 saturated heterocycles. The first-order chi connectivity index (χ1) is 9.24. The van der Waals surface area contributed by atoms with Crippen LogP contribution in [0, 0.1) is 0 Å². The third-order valence-corrected chi connectivity index (χ3v) is 6.65. The molecule has 2 heterocycles. The van der Waals surface area contributed by atoms with Crippen molar-refractivity contribution in [1.82, 2.24) is 0 Å². The predicted octanol–water partition coefficient (Wildman–Crippen LogP) is 6.94. The number of halogens is 2. The summed E-state index contributed by atoms with van der Waals surface area (Å²) in [6.07, 6.45) is 14.9. The lowest BCUT2D eigenvalue weighted by molar-refractivity contribution is 0.447. The van der Waals surface area contributed by atoms with Crippen molar-refractivity contribution < 1.29 is 0 Å². The van der Waals surface area contributed by atoms with Gasteiger partial charge in [0.05, 0.1) is 0 Å². The van der Waals surface area contributed by atoms with Crippen LogP contribution in [-0.2, 0) is 0 Å². The fourth-order valence-corrected chi connectivity index (χ4v) is 5.09. The second kappa shape index (κ2) is 8.12. The van der Waals surface area contributed by atoms with Gasteiger partial charge in [-0.05, 0) is 17.8 Å². The van der Waals surface area contributed by atoms with Gasteiger partial charge in [0, 0.05) is 4.48 Å². The van der Waals surface area contributed by atoms with Crippen LogP contribution >= 0.6 is 27.5 Å². The summed E-state index contributed by atoms with van der Waals surface area (Å²) in [6, 6.07) is 0. The summed E-state index contributed by atoms with van der Waals surface area (Å²) in [5.41, 5.74) is 0. The van der Waals surface area contributed by atoms with E-state index < -0.39 is 0 Å². The quantitative estimate of drug-likeness (QED) is 0.361. The lowest BCUT2D eigenvalue weighted by Crippen LogP contribution is -2.35. The Morgan fingerprint density at radius 3 is 2.16 bits per heavy atom. The van der Waals surface area contributed by atoms with Crippen molar-refractivity contribution in [3.8, 4) is 0 Å². The number of unbranched alkanes of at least 4 members (excludes halogenated alkanes) is 3. The molecule has 0 radical (unpaired) electrons. The highest BCUT2D eigenvalue weighted by Gasteiger charge is 2.41. The van der Waals surface area contributed by atoms with Crippen molar-refractivity contribution in [1.29, 1.82) is 0 Å². The fourth-order valence-electron chi connectivity index (χ4n) is 4.10. The highest BCUT2D eigenvalue weighted by molar-refractivity contribution is 9.11. The van der Waals surface area contributed by atoms with E-state index in [9.17, 15) is 0 Å². The van der Waals surface area contributed by atoms with Gasteiger partial charge < -0.3 is 0 Å². The van der Waals surface area contributed by atoms with E-state index >= 15 is 0 Å². The van der Waals surface area contributed by atoms with E-state index in [1.54, 1.807) is 0 Å². The van der Waals surface area contributed by atoms with Crippen molar-refractivity contribution >= 4 is 34.2 Å². The zero-order valence-corrected chi connectivity index (χ0v) is 14.6. The minimum absolute atomic E-state index is 0.685. The molecule has 0 unspecified atom stereocenters. The van der Waals surface area contributed by atoms with Crippen LogP contribution in [0.4, 0.5) is 0 Å². The van der Waals surface area contributed by atoms with E-state index in [1.165, 1.54) is 73.6 Å². The van der Waals surface area contributed by atoms with E-state index in [0.717, 1.165) is 18.1 Å². The van der Waals surface area contributed by atoms with Gasteiger partial charge in [0.2, 0.25) is 0 Å². The number of allylic oxidation sites excluding steroid dienone is 1. The molecule has 0 N–H and O–H groups in total. The Labute approximate surface area is 133 Å². The van der Waals surface area contributed by atoms with Crippen LogP contribution in [0.1, 0.15) is 77.6 Å². The summed E-state index contributed by atoms with van der Waals surface area (Å²) in [6.45, 7) is 2.95. The summed E-state index contributed by atoms with van der Waals surface area (Å²) >= 11 is 10.5. The second-order valence-corrected chi connectivity index (χ2v) is 7.84. The first-order valence-corrected chi connectivity index (χ1v) is 9.45. The molecule has 0 spiro atoms. The van der Waals surface area contributed by atoms with Gasteiger partial charge in [-0.2, -0.15) is 0 Å². The molecule has 3 heteroatoms. The molecule has 0 aliphatic carbocycles. The highest BCUT2D eigenvalue weighted by atomic mass is 79.9. The predicted molar refractivity (Wildman–Crippen MR) is 91.5 cm³/mol. The van der Waals surface area contributed by atoms with Crippen molar-refractivity contribution in [2.45, 2.75) is 89.2 Å². The molecule has 2 fully saturated rings. The summed E-state index contributed by atoms with van der Waals surface area (Å²) in [5.74, 6) is 1.76. The molecule has 19 heavy (non-hydrogen) atoms. The third kappa shape index (κ3) is 4.27. The molecule has 2 bridgehead atoms. The SMILES string of the molecule is CCCCCC/C(Br)=C(\Cl)B1C2CCCC1CCC2. The summed E-state index contributed by atoms with van der Waals surface area (Å²) in [4.78, 5) is 1.19. The minimum atomic E-state index is 0.685. The smallest absolute Gasteiger partial charge is 0.0991 e. The maximum absolute atomic E-state index is 6.76. The Bertz CT molecular complexity index is 294. The van der Waals surface area contributed by atoms with E-state index in [0.29, 0.717) is 6.71 Å². The van der Waals surface area contributed by atoms with Crippen LogP contribution in [0.5, 0.6) is 0 Å². The van der Waals surface area contributed by atoms with E-state index in [2.05, 4.69) is 22.9 Å². The topological polar surface area (TPSA) is 0 Å². The standard InChI is InChI=1S/C16H27BBrCl/c1-2-3-4-5-12-15(18)16(19)17-13-8-6-9-14(17)11-7-10-13/h13-14H,2-12H2,1H3/b16-15+. The average Bonchev–Trinajstić information content (AvgIpc) is 2.41. The van der Waals surface area contributed by atoms with Gasteiger partial charge in [0.15, 0.2) is 6.71 Å². The molecule has 0 nitrogen and oxygen atoms in total. The molecular weight excluding hydrogens is 318 g/mol. The van der Waals surface area contributed by atoms with Gasteiger partial charge in [-0.25, -0.2) is 0 Å². The van der Waals surface area contributed by atoms with Crippen molar-refractivity contribution in [2.24, 2.45) is 0 Å². The average molecular weight is 346 g/mol. The maximum atomic E-state index is 6.76. The van der Waals surface area contributed by atoms with Gasteiger partial charge >= 0.3 is 0 Å². The Morgan fingerprint density at radius 1 is 1.05 bits per heavy atom. The van der Waals surface area contributed by atoms with Crippen molar-refractivity contribution in [3.05, 3.63) is 9.41 Å². The minimum Gasteiger partial charge on any atom is -0.0991 e. The number of rotatable bonds is 6. The van der Waals surface area contributed by atoms with Crippen molar-refractivity contribution in [2.75, 3.05) is 0 Å². The zero-order valence-electron chi connectivity index (χ0n) is 12.3. The maximum Gasteiger partial charge on any atom is 0.198 e. The van der Waals surface area contributed by atoms with Crippen LogP contribution in [0.3, 0.4) is 0 Å². The molecule has 0 aromatic rings. The third-order valence-electron chi connectivity index (χ3n) is 5.12. The van der Waals surface area contributed by atoms with E-state index in [1.807, 2.05) is 0 Å². The molecule has 2 rings (SSSR count). The van der Waals surface area contributed by atoms with Gasteiger partial charge in [0.1, 0.15) is 0 Å². The Kier molecular flexibility index (Phi) is 6.82. The number of hydrogen-bond acceptors (Lipinski definition) is 0. The Morgan fingerprint density at radius 2 is 1.63 bits per heavy atom. The molecule has 0 saturated carbocycles. The zero-order chi connectivity index (χ0) is 13.7. The van der Waals surface area contributed by atoms with Gasteiger partial charge in [-0.3, -0.25) is 0 Å². The summed E-state index contributed by atoms with van der Waals surface area (Å²) in [7, 11) is 0. The molecule has 0 aromatic heterocycles. The number of hydrogen-bond donors (Lipinski definition) is 0. The van der Waals surface area contributed by atoms with Crippen LogP contribution in [0.15, 0.2) is 9.41 Å². The fraction of sp³-hybridized carbons (Fsp3) is 0.875. The molecule has 2 aliphatic rings. The first-order valence-electron chi connectivity index (χ1n) is 8.28. The van der Waals surface area contributed by atoms with E-state index in [-0.39, 0.29) is 0 Å². The molecule has 108 valence electrons. The summed E-state index contributed by atoms with van der Waals surface area (Å²) in [5, 5.41) is 0. The number of fused-ring (bicyclic) bond motifs is 2. The Balaban J connectivity index is 1.94. The second-order valence-electron chi connectivity index (χ2n) is 6.47. The molecule has 0 amide bonds. The first kappa shape index (κ1) is 16.0. The van der Waals surface area contributed by atoms with Crippen LogP contribution in [-0.4, -0.2) is 6.71 Å². The Hall–Kier alpha value is 0.575. The van der Waals surface area contributed by atoms with Gasteiger partial charge in [0.25, 0.3) is 0 Å². The summed E-state index contributed by atoms with van der Waals surface area (Å²) < 4.78 is 1.31. The molecule has 0 aromatic carbocycles. The molecule has 2 aliphatic heterocycles. The van der Waals surface area contributed by atoms with Crippen LogP contribution in [0.2, 0.25) is 11.6 Å². The lowest BCUT2D eigenvalue weighted by Gasteiger charge is -2.40. The normalized spacial score (nSPS) is 28.3. The van der Waals surface area contributed by atoms with E-state index in [4.69, 9.17) is 11.6 Å². The largest absolute Gasteiger partial charge is 0.198 e. The van der Waals surface area contributed by atoms with Gasteiger partial charge in [-0.15, -0.1) is 0 Å². The molecule has 0 atom stereocenters.